The second-order valence-electron chi connectivity index (χ2n) is 4.13. The van der Waals surface area contributed by atoms with Crippen LogP contribution in [0.5, 0.6) is 5.75 Å². The van der Waals surface area contributed by atoms with Crippen LogP contribution < -0.4 is 4.74 Å². The van der Waals surface area contributed by atoms with Crippen molar-refractivity contribution in [2.45, 2.75) is 13.0 Å². The Kier molecular flexibility index (Phi) is 3.34. The van der Waals surface area contributed by atoms with E-state index < -0.39 is 11.9 Å². The van der Waals surface area contributed by atoms with Crippen molar-refractivity contribution in [3.8, 4) is 5.75 Å². The molecule has 0 aliphatic heterocycles. The lowest BCUT2D eigenvalue weighted by molar-refractivity contribution is 0.213. The summed E-state index contributed by atoms with van der Waals surface area (Å²) in [7, 11) is 3.19. The predicted octanol–water partition coefficient (Wildman–Crippen LogP) is 1.96. The summed E-state index contributed by atoms with van der Waals surface area (Å²) < 4.78 is 20.0. The number of hydrogen-bond acceptors (Lipinski definition) is 3. The molecule has 2 rings (SSSR count). The van der Waals surface area contributed by atoms with Gasteiger partial charge in [0, 0.05) is 12.7 Å². The highest BCUT2D eigenvalue weighted by atomic mass is 19.1. The monoisotopic (exact) mass is 250 g/mol. The fourth-order valence-electron chi connectivity index (χ4n) is 1.75. The van der Waals surface area contributed by atoms with Gasteiger partial charge < -0.3 is 9.84 Å². The lowest BCUT2D eigenvalue weighted by atomic mass is 10.1. The van der Waals surface area contributed by atoms with Gasteiger partial charge in [-0.05, 0) is 30.7 Å². The molecule has 1 atom stereocenters. The van der Waals surface area contributed by atoms with Gasteiger partial charge in [0.15, 0.2) is 11.6 Å². The summed E-state index contributed by atoms with van der Waals surface area (Å²) in [5, 5.41) is 14.3. The number of nitrogens with zero attached hydrogens (tertiary/aromatic N) is 2. The van der Waals surface area contributed by atoms with E-state index in [1.54, 1.807) is 23.9 Å². The van der Waals surface area contributed by atoms with Crippen LogP contribution in [0.25, 0.3) is 0 Å². The standard InChI is InChI=1S/C13H15FN2O2/c1-8-6-11(15-16(8)2)13(17)9-4-5-12(18-3)10(14)7-9/h4-7,13,17H,1-3H3. The zero-order chi connectivity index (χ0) is 13.3. The van der Waals surface area contributed by atoms with Crippen molar-refractivity contribution in [3.05, 3.63) is 47.0 Å². The minimum Gasteiger partial charge on any atom is -0.494 e. The summed E-state index contributed by atoms with van der Waals surface area (Å²) in [6, 6.07) is 6.14. The van der Waals surface area contributed by atoms with E-state index in [1.807, 2.05) is 6.92 Å². The fourth-order valence-corrected chi connectivity index (χ4v) is 1.75. The maximum Gasteiger partial charge on any atom is 0.165 e. The van der Waals surface area contributed by atoms with E-state index >= 15 is 0 Å². The maximum atomic E-state index is 13.5. The Labute approximate surface area is 105 Å². The molecule has 1 aromatic heterocycles. The molecule has 0 aliphatic rings. The third kappa shape index (κ3) is 2.22. The molecule has 1 heterocycles. The fraction of sp³-hybridized carbons (Fsp3) is 0.308. The minimum atomic E-state index is -0.940. The van der Waals surface area contributed by atoms with Crippen molar-refractivity contribution >= 4 is 0 Å². The number of rotatable bonds is 3. The quantitative estimate of drug-likeness (QED) is 0.905. The molecule has 0 amide bonds. The molecule has 18 heavy (non-hydrogen) atoms. The number of aliphatic hydroxyl groups excluding tert-OH is 1. The smallest absolute Gasteiger partial charge is 0.165 e. The molecule has 1 aromatic carbocycles. The van der Waals surface area contributed by atoms with E-state index in [9.17, 15) is 9.50 Å². The van der Waals surface area contributed by atoms with E-state index in [4.69, 9.17) is 4.74 Å². The summed E-state index contributed by atoms with van der Waals surface area (Å²) in [4.78, 5) is 0. The van der Waals surface area contributed by atoms with Crippen molar-refractivity contribution in [1.82, 2.24) is 9.78 Å². The number of aromatic nitrogens is 2. The highest BCUT2D eigenvalue weighted by Crippen LogP contribution is 2.25. The average molecular weight is 250 g/mol. The van der Waals surface area contributed by atoms with Crippen LogP contribution in [-0.2, 0) is 7.05 Å². The number of aliphatic hydroxyl groups is 1. The number of aryl methyl sites for hydroxylation is 2. The lowest BCUT2D eigenvalue weighted by Crippen LogP contribution is -2.03. The van der Waals surface area contributed by atoms with Gasteiger partial charge in [0.2, 0.25) is 0 Å². The molecule has 0 bridgehead atoms. The van der Waals surface area contributed by atoms with Crippen LogP contribution in [0, 0.1) is 12.7 Å². The van der Waals surface area contributed by atoms with Gasteiger partial charge in [-0.25, -0.2) is 4.39 Å². The van der Waals surface area contributed by atoms with Gasteiger partial charge in [0.25, 0.3) is 0 Å². The van der Waals surface area contributed by atoms with Crippen LogP contribution in [0.15, 0.2) is 24.3 Å². The number of methoxy groups -OCH3 is 1. The van der Waals surface area contributed by atoms with Gasteiger partial charge in [-0.1, -0.05) is 6.07 Å². The van der Waals surface area contributed by atoms with Crippen molar-refractivity contribution in [1.29, 1.82) is 0 Å². The Morgan fingerprint density at radius 1 is 1.39 bits per heavy atom. The molecule has 0 saturated heterocycles. The molecule has 1 unspecified atom stereocenters. The van der Waals surface area contributed by atoms with Gasteiger partial charge in [-0.15, -0.1) is 0 Å². The van der Waals surface area contributed by atoms with Crippen LogP contribution in [0.3, 0.4) is 0 Å². The number of benzene rings is 1. The summed E-state index contributed by atoms with van der Waals surface area (Å²) in [6.45, 7) is 1.89. The van der Waals surface area contributed by atoms with Gasteiger partial charge in [-0.2, -0.15) is 5.10 Å². The van der Waals surface area contributed by atoms with E-state index in [1.165, 1.54) is 19.2 Å². The topological polar surface area (TPSA) is 47.3 Å². The Hall–Kier alpha value is -1.88. The number of ether oxygens (including phenoxy) is 1. The zero-order valence-corrected chi connectivity index (χ0v) is 10.5. The molecular formula is C13H15FN2O2. The molecule has 2 aromatic rings. The molecular weight excluding hydrogens is 235 g/mol. The van der Waals surface area contributed by atoms with Gasteiger partial charge >= 0.3 is 0 Å². The third-order valence-electron chi connectivity index (χ3n) is 2.90. The second kappa shape index (κ2) is 4.78. The Morgan fingerprint density at radius 2 is 2.11 bits per heavy atom. The van der Waals surface area contributed by atoms with Gasteiger partial charge in [-0.3, -0.25) is 4.68 Å². The first-order valence-electron chi connectivity index (χ1n) is 5.55. The normalized spacial score (nSPS) is 12.5. The van der Waals surface area contributed by atoms with E-state index in [2.05, 4.69) is 5.10 Å². The Bertz CT molecular complexity index is 547. The maximum absolute atomic E-state index is 13.5. The minimum absolute atomic E-state index is 0.156. The number of hydrogen-bond donors (Lipinski definition) is 1. The van der Waals surface area contributed by atoms with Gasteiger partial charge in [0.05, 0.1) is 12.8 Å². The summed E-state index contributed by atoms with van der Waals surface area (Å²) in [5.74, 6) is -0.343. The van der Waals surface area contributed by atoms with Crippen molar-refractivity contribution in [2.24, 2.45) is 7.05 Å². The second-order valence-corrected chi connectivity index (χ2v) is 4.13. The molecule has 0 radical (unpaired) electrons. The van der Waals surface area contributed by atoms with E-state index in [0.717, 1.165) is 5.69 Å². The van der Waals surface area contributed by atoms with Gasteiger partial charge in [0.1, 0.15) is 6.10 Å². The molecule has 5 heteroatoms. The predicted molar refractivity (Wildman–Crippen MR) is 65.0 cm³/mol. The molecule has 1 N–H and O–H groups in total. The van der Waals surface area contributed by atoms with Crippen molar-refractivity contribution in [2.75, 3.05) is 7.11 Å². The third-order valence-corrected chi connectivity index (χ3v) is 2.90. The SMILES string of the molecule is COc1ccc(C(O)c2cc(C)n(C)n2)cc1F. The van der Waals surface area contributed by atoms with Crippen molar-refractivity contribution in [3.63, 3.8) is 0 Å². The largest absolute Gasteiger partial charge is 0.494 e. The van der Waals surface area contributed by atoms with Crippen LogP contribution in [0.2, 0.25) is 0 Å². The first-order chi connectivity index (χ1) is 8.52. The lowest BCUT2D eigenvalue weighted by Gasteiger charge is -2.09. The van der Waals surface area contributed by atoms with Crippen molar-refractivity contribution < 1.29 is 14.2 Å². The first kappa shape index (κ1) is 12.6. The van der Waals surface area contributed by atoms with Crippen LogP contribution in [-0.4, -0.2) is 22.0 Å². The highest BCUT2D eigenvalue weighted by molar-refractivity contribution is 5.33. The molecule has 4 nitrogen and oxygen atoms in total. The Morgan fingerprint density at radius 3 is 2.61 bits per heavy atom. The van der Waals surface area contributed by atoms with Crippen LogP contribution in [0.4, 0.5) is 4.39 Å². The first-order valence-corrected chi connectivity index (χ1v) is 5.55. The van der Waals surface area contributed by atoms with Crippen LogP contribution in [0.1, 0.15) is 23.1 Å². The zero-order valence-electron chi connectivity index (χ0n) is 10.5. The number of halogens is 1. The summed E-state index contributed by atoms with van der Waals surface area (Å²) in [6.07, 6.45) is -0.940. The van der Waals surface area contributed by atoms with Crippen LogP contribution >= 0.6 is 0 Å². The molecule has 0 saturated carbocycles. The molecule has 0 fully saturated rings. The highest BCUT2D eigenvalue weighted by Gasteiger charge is 2.16. The average Bonchev–Trinajstić information content (AvgIpc) is 2.68. The molecule has 0 aliphatic carbocycles. The summed E-state index contributed by atoms with van der Waals surface area (Å²) >= 11 is 0. The molecule has 96 valence electrons. The Balaban J connectivity index is 2.33. The van der Waals surface area contributed by atoms with E-state index in [0.29, 0.717) is 11.3 Å². The summed E-state index contributed by atoms with van der Waals surface area (Å²) in [5.41, 5.74) is 1.88. The van der Waals surface area contributed by atoms with E-state index in [-0.39, 0.29) is 5.75 Å². The molecule has 0 spiro atoms.